The van der Waals surface area contributed by atoms with E-state index in [2.05, 4.69) is 20.6 Å². The standard InChI is InChI=1S/C12H20N4O3/c1-3-14-8(2)4-11(17)16-10(12(18)19)5-9-6-13-7-15-9/h6-8,10,14H,3-5H2,1-2H3,(H,13,15)(H,16,17)(H,18,19). The highest BCUT2D eigenvalue weighted by Crippen LogP contribution is 2.00. The van der Waals surface area contributed by atoms with Crippen LogP contribution in [0.2, 0.25) is 0 Å². The molecular weight excluding hydrogens is 248 g/mol. The van der Waals surface area contributed by atoms with Gasteiger partial charge in [-0.05, 0) is 13.5 Å². The molecule has 1 rings (SSSR count). The molecule has 2 atom stereocenters. The predicted octanol–water partition coefficient (Wildman–Crippen LogP) is -0.0903. The molecule has 7 heteroatoms. The number of carboxylic acids is 1. The van der Waals surface area contributed by atoms with E-state index >= 15 is 0 Å². The van der Waals surface area contributed by atoms with Crippen molar-refractivity contribution in [3.05, 3.63) is 18.2 Å². The van der Waals surface area contributed by atoms with Crippen molar-refractivity contribution in [2.45, 2.75) is 38.8 Å². The fourth-order valence-corrected chi connectivity index (χ4v) is 1.77. The molecule has 106 valence electrons. The molecule has 0 bridgehead atoms. The Labute approximate surface area is 111 Å². The molecule has 1 heterocycles. The van der Waals surface area contributed by atoms with Crippen LogP contribution in [0.25, 0.3) is 0 Å². The van der Waals surface area contributed by atoms with Crippen LogP contribution in [0.4, 0.5) is 0 Å². The van der Waals surface area contributed by atoms with Gasteiger partial charge in [0, 0.05) is 30.8 Å². The quantitative estimate of drug-likeness (QED) is 0.527. The van der Waals surface area contributed by atoms with Crippen LogP contribution in [-0.2, 0) is 16.0 Å². The van der Waals surface area contributed by atoms with Crippen molar-refractivity contribution in [1.29, 1.82) is 0 Å². The Bertz CT molecular complexity index is 405. The number of H-pyrrole nitrogens is 1. The van der Waals surface area contributed by atoms with Crippen LogP contribution in [-0.4, -0.2) is 45.6 Å². The second-order valence-electron chi connectivity index (χ2n) is 4.40. The van der Waals surface area contributed by atoms with Crippen molar-refractivity contribution < 1.29 is 14.7 Å². The average molecular weight is 268 g/mol. The highest BCUT2D eigenvalue weighted by molar-refractivity contribution is 5.83. The highest BCUT2D eigenvalue weighted by atomic mass is 16.4. The van der Waals surface area contributed by atoms with Gasteiger partial charge < -0.3 is 20.7 Å². The molecule has 0 saturated carbocycles. The molecule has 0 radical (unpaired) electrons. The molecule has 4 N–H and O–H groups in total. The summed E-state index contributed by atoms with van der Waals surface area (Å²) in [6, 6.07) is -0.923. The number of aromatic amines is 1. The summed E-state index contributed by atoms with van der Waals surface area (Å²) in [6.07, 6.45) is 3.46. The molecule has 0 aliphatic rings. The summed E-state index contributed by atoms with van der Waals surface area (Å²) in [7, 11) is 0. The molecule has 0 aromatic carbocycles. The number of nitrogens with zero attached hydrogens (tertiary/aromatic N) is 1. The summed E-state index contributed by atoms with van der Waals surface area (Å²) in [5, 5.41) is 14.7. The molecule has 0 aliphatic heterocycles. The van der Waals surface area contributed by atoms with E-state index in [1.54, 1.807) is 6.20 Å². The summed E-state index contributed by atoms with van der Waals surface area (Å²) in [5.41, 5.74) is 0.674. The molecule has 1 aromatic rings. The van der Waals surface area contributed by atoms with E-state index in [9.17, 15) is 9.59 Å². The summed E-state index contributed by atoms with van der Waals surface area (Å²) in [6.45, 7) is 4.60. The number of nitrogens with one attached hydrogen (secondary N) is 3. The third-order valence-corrected chi connectivity index (χ3v) is 2.66. The first-order chi connectivity index (χ1) is 9.02. The van der Waals surface area contributed by atoms with E-state index in [1.165, 1.54) is 6.33 Å². The molecule has 19 heavy (non-hydrogen) atoms. The first-order valence-corrected chi connectivity index (χ1v) is 6.25. The third kappa shape index (κ3) is 5.52. The van der Waals surface area contributed by atoms with E-state index in [1.807, 2.05) is 13.8 Å². The molecule has 2 unspecified atom stereocenters. The zero-order chi connectivity index (χ0) is 14.3. The maximum Gasteiger partial charge on any atom is 0.326 e. The Kier molecular flexibility index (Phi) is 6.01. The van der Waals surface area contributed by atoms with Crippen LogP contribution in [0.15, 0.2) is 12.5 Å². The van der Waals surface area contributed by atoms with Gasteiger partial charge in [0.15, 0.2) is 0 Å². The van der Waals surface area contributed by atoms with E-state index in [-0.39, 0.29) is 24.8 Å². The van der Waals surface area contributed by atoms with Gasteiger partial charge in [-0.25, -0.2) is 9.78 Å². The lowest BCUT2D eigenvalue weighted by Gasteiger charge is -2.16. The number of imidazole rings is 1. The monoisotopic (exact) mass is 268 g/mol. The lowest BCUT2D eigenvalue weighted by Crippen LogP contribution is -2.44. The fraction of sp³-hybridized carbons (Fsp3) is 0.583. The van der Waals surface area contributed by atoms with Gasteiger partial charge in [0.25, 0.3) is 0 Å². The smallest absolute Gasteiger partial charge is 0.326 e. The number of hydrogen-bond donors (Lipinski definition) is 4. The maximum absolute atomic E-state index is 11.7. The maximum atomic E-state index is 11.7. The molecule has 0 spiro atoms. The van der Waals surface area contributed by atoms with Gasteiger partial charge in [0.05, 0.1) is 6.33 Å². The Morgan fingerprint density at radius 3 is 2.79 bits per heavy atom. The number of amides is 1. The molecule has 1 aromatic heterocycles. The minimum Gasteiger partial charge on any atom is -0.480 e. The van der Waals surface area contributed by atoms with Crippen LogP contribution < -0.4 is 10.6 Å². The SMILES string of the molecule is CCNC(C)CC(=O)NC(Cc1cnc[nH]1)C(=O)O. The zero-order valence-corrected chi connectivity index (χ0v) is 11.1. The van der Waals surface area contributed by atoms with Gasteiger partial charge in [0.2, 0.25) is 5.91 Å². The Hall–Kier alpha value is -1.89. The zero-order valence-electron chi connectivity index (χ0n) is 11.1. The van der Waals surface area contributed by atoms with Crippen molar-refractivity contribution in [2.75, 3.05) is 6.54 Å². The van der Waals surface area contributed by atoms with Gasteiger partial charge in [-0.2, -0.15) is 0 Å². The van der Waals surface area contributed by atoms with Crippen LogP contribution in [0.3, 0.4) is 0 Å². The largest absolute Gasteiger partial charge is 0.480 e. The molecule has 1 amide bonds. The van der Waals surface area contributed by atoms with E-state index in [0.717, 1.165) is 6.54 Å². The normalized spacial score (nSPS) is 13.8. The van der Waals surface area contributed by atoms with Gasteiger partial charge in [-0.3, -0.25) is 4.79 Å². The summed E-state index contributed by atoms with van der Waals surface area (Å²) in [4.78, 5) is 29.5. The minimum absolute atomic E-state index is 0.0200. The second-order valence-corrected chi connectivity index (χ2v) is 4.40. The Balaban J connectivity index is 2.49. The molecule has 0 aliphatic carbocycles. The Morgan fingerprint density at radius 2 is 2.26 bits per heavy atom. The summed E-state index contributed by atoms with van der Waals surface area (Å²) >= 11 is 0. The first kappa shape index (κ1) is 15.2. The highest BCUT2D eigenvalue weighted by Gasteiger charge is 2.21. The van der Waals surface area contributed by atoms with Crippen molar-refractivity contribution in [1.82, 2.24) is 20.6 Å². The van der Waals surface area contributed by atoms with Gasteiger partial charge >= 0.3 is 5.97 Å². The van der Waals surface area contributed by atoms with Crippen LogP contribution >= 0.6 is 0 Å². The summed E-state index contributed by atoms with van der Waals surface area (Å²) < 4.78 is 0. The second kappa shape index (κ2) is 7.52. The van der Waals surface area contributed by atoms with E-state index < -0.39 is 12.0 Å². The van der Waals surface area contributed by atoms with Gasteiger partial charge in [0.1, 0.15) is 6.04 Å². The van der Waals surface area contributed by atoms with Crippen LogP contribution in [0, 0.1) is 0 Å². The number of aliphatic carboxylic acids is 1. The number of rotatable bonds is 8. The lowest BCUT2D eigenvalue weighted by molar-refractivity contribution is -0.141. The average Bonchev–Trinajstić information content (AvgIpc) is 2.80. The number of carboxylic acid groups (broad SMARTS) is 1. The van der Waals surface area contributed by atoms with Crippen molar-refractivity contribution >= 4 is 11.9 Å². The topological polar surface area (TPSA) is 107 Å². The number of carbonyl (C=O) groups is 2. The molecule has 7 nitrogen and oxygen atoms in total. The molecule has 0 saturated heterocycles. The van der Waals surface area contributed by atoms with Gasteiger partial charge in [-0.15, -0.1) is 0 Å². The van der Waals surface area contributed by atoms with Crippen molar-refractivity contribution in [3.8, 4) is 0 Å². The van der Waals surface area contributed by atoms with Crippen LogP contribution in [0.5, 0.6) is 0 Å². The first-order valence-electron chi connectivity index (χ1n) is 6.25. The number of hydrogen-bond acceptors (Lipinski definition) is 4. The van der Waals surface area contributed by atoms with Crippen molar-refractivity contribution in [3.63, 3.8) is 0 Å². The summed E-state index contributed by atoms with van der Waals surface area (Å²) in [5.74, 6) is -1.33. The van der Waals surface area contributed by atoms with Crippen molar-refractivity contribution in [2.24, 2.45) is 0 Å². The molecular formula is C12H20N4O3. The molecule has 0 fully saturated rings. The van der Waals surface area contributed by atoms with Crippen LogP contribution in [0.1, 0.15) is 26.0 Å². The predicted molar refractivity (Wildman–Crippen MR) is 69.6 cm³/mol. The third-order valence-electron chi connectivity index (χ3n) is 2.66. The minimum atomic E-state index is -1.06. The van der Waals surface area contributed by atoms with E-state index in [0.29, 0.717) is 5.69 Å². The fourth-order valence-electron chi connectivity index (χ4n) is 1.77. The Morgan fingerprint density at radius 1 is 1.53 bits per heavy atom. The number of aromatic nitrogens is 2. The van der Waals surface area contributed by atoms with E-state index in [4.69, 9.17) is 5.11 Å². The number of carbonyl (C=O) groups excluding carboxylic acids is 1. The lowest BCUT2D eigenvalue weighted by atomic mass is 10.1. The van der Waals surface area contributed by atoms with Gasteiger partial charge in [-0.1, -0.05) is 6.92 Å².